The summed E-state index contributed by atoms with van der Waals surface area (Å²) in [5, 5.41) is 1.85. The largest absolute Gasteiger partial charge is 0.399 e. The Morgan fingerprint density at radius 2 is 1.88 bits per heavy atom. The van der Waals surface area contributed by atoms with Crippen LogP contribution in [0.15, 0.2) is 48.5 Å². The average molecular weight is 243 g/mol. The maximum absolute atomic E-state index is 5.97. The van der Waals surface area contributed by atoms with Crippen LogP contribution in [-0.2, 0) is 0 Å². The lowest BCUT2D eigenvalue weighted by Gasteiger charge is -1.98. The highest BCUT2D eigenvalue weighted by Gasteiger charge is 2.03. The Morgan fingerprint density at radius 3 is 2.71 bits per heavy atom. The Morgan fingerprint density at radius 1 is 1.00 bits per heavy atom. The first-order chi connectivity index (χ1) is 8.22. The van der Waals surface area contributed by atoms with E-state index < -0.39 is 0 Å². The van der Waals surface area contributed by atoms with Crippen LogP contribution in [0, 0.1) is 0 Å². The molecule has 17 heavy (non-hydrogen) atoms. The van der Waals surface area contributed by atoms with Crippen molar-refractivity contribution in [1.82, 2.24) is 4.98 Å². The molecule has 0 atom stereocenters. The van der Waals surface area contributed by atoms with Crippen LogP contribution in [-0.4, -0.2) is 4.98 Å². The molecule has 0 amide bonds. The van der Waals surface area contributed by atoms with Gasteiger partial charge < -0.3 is 10.7 Å². The molecular weight excluding hydrogens is 232 g/mol. The van der Waals surface area contributed by atoms with Crippen molar-refractivity contribution in [3.63, 3.8) is 0 Å². The van der Waals surface area contributed by atoms with E-state index in [1.807, 2.05) is 42.5 Å². The highest BCUT2D eigenvalue weighted by molar-refractivity contribution is 6.31. The third-order valence-electron chi connectivity index (χ3n) is 2.78. The number of hydrogen-bond acceptors (Lipinski definition) is 1. The summed E-state index contributed by atoms with van der Waals surface area (Å²) in [7, 11) is 0. The Labute approximate surface area is 104 Å². The number of H-pyrrole nitrogens is 1. The van der Waals surface area contributed by atoms with E-state index in [4.69, 9.17) is 17.3 Å². The minimum atomic E-state index is 0.746. The van der Waals surface area contributed by atoms with Gasteiger partial charge in [-0.15, -0.1) is 0 Å². The van der Waals surface area contributed by atoms with Crippen molar-refractivity contribution < 1.29 is 0 Å². The van der Waals surface area contributed by atoms with E-state index in [2.05, 4.69) is 11.1 Å². The van der Waals surface area contributed by atoms with Gasteiger partial charge >= 0.3 is 0 Å². The average Bonchev–Trinajstić information content (AvgIpc) is 2.72. The molecule has 3 aromatic rings. The van der Waals surface area contributed by atoms with Crippen LogP contribution in [0.5, 0.6) is 0 Å². The standard InChI is InChI=1S/C14H11ClN2/c15-11-4-5-13-10(6-11)8-14(17-13)9-2-1-3-12(16)7-9/h1-8,17H,16H2. The van der Waals surface area contributed by atoms with Gasteiger partial charge in [0.05, 0.1) is 0 Å². The van der Waals surface area contributed by atoms with Crippen LogP contribution in [0.25, 0.3) is 22.2 Å². The first kappa shape index (κ1) is 10.2. The summed E-state index contributed by atoms with van der Waals surface area (Å²) >= 11 is 5.97. The predicted molar refractivity (Wildman–Crippen MR) is 73.2 cm³/mol. The molecule has 0 spiro atoms. The zero-order valence-electron chi connectivity index (χ0n) is 9.07. The lowest BCUT2D eigenvalue weighted by atomic mass is 10.1. The van der Waals surface area contributed by atoms with Crippen LogP contribution in [0.2, 0.25) is 5.02 Å². The second-order valence-corrected chi connectivity index (χ2v) is 4.48. The van der Waals surface area contributed by atoms with Gasteiger partial charge in [-0.25, -0.2) is 0 Å². The van der Waals surface area contributed by atoms with Gasteiger partial charge in [0.15, 0.2) is 0 Å². The summed E-state index contributed by atoms with van der Waals surface area (Å²) in [4.78, 5) is 3.35. The van der Waals surface area contributed by atoms with Gasteiger partial charge in [0.1, 0.15) is 0 Å². The SMILES string of the molecule is Nc1cccc(-c2cc3cc(Cl)ccc3[nH]2)c1. The van der Waals surface area contributed by atoms with Crippen molar-refractivity contribution in [2.24, 2.45) is 0 Å². The van der Waals surface area contributed by atoms with Crippen molar-refractivity contribution in [2.75, 3.05) is 5.73 Å². The van der Waals surface area contributed by atoms with Gasteiger partial charge in [-0.3, -0.25) is 0 Å². The summed E-state index contributed by atoms with van der Waals surface area (Å²) in [6.07, 6.45) is 0. The van der Waals surface area contributed by atoms with E-state index in [0.717, 1.165) is 32.9 Å². The summed E-state index contributed by atoms with van der Waals surface area (Å²) in [5.41, 5.74) is 9.75. The van der Waals surface area contributed by atoms with E-state index >= 15 is 0 Å². The van der Waals surface area contributed by atoms with E-state index in [1.165, 1.54) is 0 Å². The first-order valence-corrected chi connectivity index (χ1v) is 5.74. The summed E-state index contributed by atoms with van der Waals surface area (Å²) in [6, 6.07) is 15.7. The molecule has 3 rings (SSSR count). The fourth-order valence-electron chi connectivity index (χ4n) is 1.97. The molecule has 84 valence electrons. The second kappa shape index (κ2) is 3.82. The Bertz CT molecular complexity index is 686. The fourth-order valence-corrected chi connectivity index (χ4v) is 2.15. The maximum atomic E-state index is 5.97. The van der Waals surface area contributed by atoms with Gasteiger partial charge in [0, 0.05) is 27.3 Å². The number of benzene rings is 2. The molecule has 0 saturated carbocycles. The number of halogens is 1. The van der Waals surface area contributed by atoms with Gasteiger partial charge in [-0.05, 0) is 42.0 Å². The number of fused-ring (bicyclic) bond motifs is 1. The Hall–Kier alpha value is -1.93. The molecule has 3 N–H and O–H groups in total. The number of nitrogens with two attached hydrogens (primary N) is 1. The Balaban J connectivity index is 2.18. The van der Waals surface area contributed by atoms with E-state index in [0.29, 0.717) is 0 Å². The number of aromatic nitrogens is 1. The highest BCUT2D eigenvalue weighted by atomic mass is 35.5. The van der Waals surface area contributed by atoms with Crippen molar-refractivity contribution in [2.45, 2.75) is 0 Å². The minimum absolute atomic E-state index is 0.746. The van der Waals surface area contributed by atoms with Crippen molar-refractivity contribution >= 4 is 28.2 Å². The number of anilines is 1. The normalized spacial score (nSPS) is 10.9. The second-order valence-electron chi connectivity index (χ2n) is 4.04. The number of aromatic amines is 1. The van der Waals surface area contributed by atoms with Crippen LogP contribution in [0.4, 0.5) is 5.69 Å². The molecule has 0 saturated heterocycles. The molecule has 0 fully saturated rings. The van der Waals surface area contributed by atoms with Crippen LogP contribution in [0.3, 0.4) is 0 Å². The van der Waals surface area contributed by atoms with Crippen LogP contribution >= 0.6 is 11.6 Å². The highest BCUT2D eigenvalue weighted by Crippen LogP contribution is 2.27. The van der Waals surface area contributed by atoms with Crippen LogP contribution < -0.4 is 5.73 Å². The fraction of sp³-hybridized carbons (Fsp3) is 0. The smallest absolute Gasteiger partial charge is 0.0465 e. The van der Waals surface area contributed by atoms with E-state index in [1.54, 1.807) is 0 Å². The van der Waals surface area contributed by atoms with Gasteiger partial charge in [0.2, 0.25) is 0 Å². The van der Waals surface area contributed by atoms with Crippen molar-refractivity contribution in [1.29, 1.82) is 0 Å². The molecule has 2 aromatic carbocycles. The molecule has 0 unspecified atom stereocenters. The summed E-state index contributed by atoms with van der Waals surface area (Å²) < 4.78 is 0. The summed E-state index contributed by atoms with van der Waals surface area (Å²) in [6.45, 7) is 0. The molecular formula is C14H11ClN2. The zero-order chi connectivity index (χ0) is 11.8. The van der Waals surface area contributed by atoms with Crippen LogP contribution in [0.1, 0.15) is 0 Å². The third-order valence-corrected chi connectivity index (χ3v) is 3.02. The molecule has 3 heteroatoms. The van der Waals surface area contributed by atoms with E-state index in [-0.39, 0.29) is 0 Å². The Kier molecular flexibility index (Phi) is 2.30. The van der Waals surface area contributed by atoms with Gasteiger partial charge in [0.25, 0.3) is 0 Å². The maximum Gasteiger partial charge on any atom is 0.0465 e. The van der Waals surface area contributed by atoms with Gasteiger partial charge in [-0.1, -0.05) is 23.7 Å². The quantitative estimate of drug-likeness (QED) is 0.621. The summed E-state index contributed by atoms with van der Waals surface area (Å²) in [5.74, 6) is 0. The monoisotopic (exact) mass is 242 g/mol. The molecule has 2 nitrogen and oxygen atoms in total. The van der Waals surface area contributed by atoms with Gasteiger partial charge in [-0.2, -0.15) is 0 Å². The molecule has 0 aliphatic rings. The molecule has 1 heterocycles. The lowest BCUT2D eigenvalue weighted by molar-refractivity contribution is 1.45. The van der Waals surface area contributed by atoms with E-state index in [9.17, 15) is 0 Å². The zero-order valence-corrected chi connectivity index (χ0v) is 9.83. The number of hydrogen-bond donors (Lipinski definition) is 2. The minimum Gasteiger partial charge on any atom is -0.399 e. The molecule has 0 bridgehead atoms. The van der Waals surface area contributed by atoms with Crippen molar-refractivity contribution in [3.05, 3.63) is 53.6 Å². The lowest BCUT2D eigenvalue weighted by Crippen LogP contribution is -1.84. The molecule has 0 aliphatic carbocycles. The predicted octanol–water partition coefficient (Wildman–Crippen LogP) is 4.07. The molecule has 0 radical (unpaired) electrons. The number of nitrogens with one attached hydrogen (secondary N) is 1. The number of nitrogen functional groups attached to an aromatic ring is 1. The molecule has 0 aliphatic heterocycles. The molecule has 1 aromatic heterocycles. The third kappa shape index (κ3) is 1.87. The topological polar surface area (TPSA) is 41.8 Å². The number of rotatable bonds is 1. The first-order valence-electron chi connectivity index (χ1n) is 5.36. The van der Waals surface area contributed by atoms with Crippen molar-refractivity contribution in [3.8, 4) is 11.3 Å².